The van der Waals surface area contributed by atoms with Crippen molar-refractivity contribution >= 4 is 41.1 Å². The smallest absolute Gasteiger partial charge is 0.417 e. The van der Waals surface area contributed by atoms with E-state index in [0.29, 0.717) is 10.5 Å². The van der Waals surface area contributed by atoms with Crippen LogP contribution in [0.2, 0.25) is 0 Å². The van der Waals surface area contributed by atoms with E-state index in [4.69, 9.17) is 10.5 Å². The minimum atomic E-state index is -1.39. The maximum atomic E-state index is 14.3. The fourth-order valence-corrected chi connectivity index (χ4v) is 5.07. The van der Waals surface area contributed by atoms with Gasteiger partial charge >= 0.3 is 6.09 Å². The molecule has 0 aliphatic rings. The highest BCUT2D eigenvalue weighted by atomic mass is 16.6. The molecule has 3 rings (SSSR count). The molecule has 5 N–H and O–H groups in total. The number of nitrogens with one attached hydrogen (secondary N) is 3. The highest BCUT2D eigenvalue weighted by Gasteiger charge is 2.40. The lowest BCUT2D eigenvalue weighted by Crippen LogP contribution is -2.60. The van der Waals surface area contributed by atoms with Gasteiger partial charge in [0.1, 0.15) is 23.7 Å². The number of nitrogen functional groups attached to an aromatic ring is 1. The van der Waals surface area contributed by atoms with Gasteiger partial charge in [-0.3, -0.25) is 29.3 Å². The molecular formula is C37H46N6O8. The number of carbonyl (C=O) groups excluding carboxylic acids is 5. The predicted molar refractivity (Wildman–Crippen MR) is 191 cm³/mol. The van der Waals surface area contributed by atoms with E-state index in [1.54, 1.807) is 63.2 Å². The van der Waals surface area contributed by atoms with E-state index < -0.39 is 58.4 Å². The lowest BCUT2D eigenvalue weighted by atomic mass is 10.00. The predicted octanol–water partition coefficient (Wildman–Crippen LogP) is 4.52. The number of hydrogen-bond donors (Lipinski definition) is 4. The van der Waals surface area contributed by atoms with Crippen LogP contribution in [0.15, 0.2) is 78.9 Å². The van der Waals surface area contributed by atoms with Crippen LogP contribution in [0.1, 0.15) is 69.4 Å². The number of para-hydroxylation sites is 1. The maximum absolute atomic E-state index is 14.3. The maximum Gasteiger partial charge on any atom is 0.417 e. The Labute approximate surface area is 297 Å². The number of nitro groups is 1. The molecule has 0 bridgehead atoms. The summed E-state index contributed by atoms with van der Waals surface area (Å²) in [6, 6.07) is 17.1. The number of non-ortho nitro benzene ring substituents is 1. The molecule has 3 aromatic carbocycles. The summed E-state index contributed by atoms with van der Waals surface area (Å²) in [4.78, 5) is 79.7. The number of ether oxygens (including phenoxy) is 1. The number of hydrogen-bond acceptors (Lipinski definition) is 9. The zero-order chi connectivity index (χ0) is 37.9. The number of imide groups is 1. The van der Waals surface area contributed by atoms with E-state index in [2.05, 4.69) is 16.0 Å². The van der Waals surface area contributed by atoms with Gasteiger partial charge in [-0.05, 0) is 63.3 Å². The van der Waals surface area contributed by atoms with Crippen molar-refractivity contribution < 1.29 is 33.6 Å². The summed E-state index contributed by atoms with van der Waals surface area (Å²) in [5, 5.41) is 19.1. The molecule has 0 aliphatic heterocycles. The molecule has 0 aromatic heterocycles. The van der Waals surface area contributed by atoms with Crippen LogP contribution in [0.4, 0.5) is 16.2 Å². The summed E-state index contributed by atoms with van der Waals surface area (Å²) in [5.41, 5.74) is 6.53. The van der Waals surface area contributed by atoms with Gasteiger partial charge in [0.15, 0.2) is 0 Å². The first-order valence-corrected chi connectivity index (χ1v) is 16.5. The number of rotatable bonds is 14. The van der Waals surface area contributed by atoms with E-state index in [0.717, 1.165) is 5.56 Å². The van der Waals surface area contributed by atoms with E-state index in [9.17, 15) is 34.1 Å². The molecule has 0 aliphatic carbocycles. The Balaban J connectivity index is 1.91. The monoisotopic (exact) mass is 702 g/mol. The van der Waals surface area contributed by atoms with E-state index in [1.807, 2.05) is 19.9 Å². The molecule has 51 heavy (non-hydrogen) atoms. The molecule has 14 heteroatoms. The second-order valence-electron chi connectivity index (χ2n) is 13.5. The van der Waals surface area contributed by atoms with Crippen molar-refractivity contribution in [3.05, 3.63) is 106 Å². The molecule has 3 aromatic rings. The largest absolute Gasteiger partial charge is 0.443 e. The van der Waals surface area contributed by atoms with Crippen molar-refractivity contribution in [3.63, 3.8) is 0 Å². The standard InChI is InChI=1S/C37H46N6O8/c1-23(2)20-31(41-34(46)30(21-25-12-8-7-9-13-25)40-33(45)28-14-10-11-15-29(28)38)35(47)42(36(48)51-37(4,5)6)24(3)32(44)39-22-26-16-18-27(19-17-26)43(49)50/h7-19,23-24,30-31H,20-22,38H2,1-6H3,(H,39,44)(H,40,45)(H,41,46)/t24-,30?,31-/m0/s1. The molecule has 14 nitrogen and oxygen atoms in total. The summed E-state index contributed by atoms with van der Waals surface area (Å²) < 4.78 is 5.53. The van der Waals surface area contributed by atoms with Gasteiger partial charge in [0.05, 0.1) is 10.5 Å². The van der Waals surface area contributed by atoms with Gasteiger partial charge in [0.2, 0.25) is 11.8 Å². The van der Waals surface area contributed by atoms with Crippen molar-refractivity contribution in [1.29, 1.82) is 0 Å². The summed E-state index contributed by atoms with van der Waals surface area (Å²) in [6.45, 7) is 9.78. The number of nitrogens with zero attached hydrogens (tertiary/aromatic N) is 2. The second kappa shape index (κ2) is 17.7. The first-order valence-electron chi connectivity index (χ1n) is 16.5. The van der Waals surface area contributed by atoms with Crippen LogP contribution in [0.5, 0.6) is 0 Å². The van der Waals surface area contributed by atoms with Crippen molar-refractivity contribution in [2.24, 2.45) is 5.92 Å². The molecule has 1 unspecified atom stereocenters. The summed E-state index contributed by atoms with van der Waals surface area (Å²) >= 11 is 0. The highest BCUT2D eigenvalue weighted by Crippen LogP contribution is 2.18. The van der Waals surface area contributed by atoms with Gasteiger partial charge in [-0.15, -0.1) is 0 Å². The molecule has 0 spiro atoms. The normalized spacial score (nSPS) is 12.9. The van der Waals surface area contributed by atoms with Crippen LogP contribution in [-0.4, -0.2) is 63.3 Å². The lowest BCUT2D eigenvalue weighted by Gasteiger charge is -2.33. The first kappa shape index (κ1) is 39.6. The number of nitro benzene ring substituents is 1. The van der Waals surface area contributed by atoms with Crippen LogP contribution in [0, 0.1) is 16.0 Å². The Kier molecular flexibility index (Phi) is 13.8. The van der Waals surface area contributed by atoms with Crippen LogP contribution in [-0.2, 0) is 32.1 Å². The van der Waals surface area contributed by atoms with Gasteiger partial charge in [-0.1, -0.05) is 68.4 Å². The van der Waals surface area contributed by atoms with E-state index >= 15 is 0 Å². The molecule has 3 atom stereocenters. The molecular weight excluding hydrogens is 656 g/mol. The molecule has 0 fully saturated rings. The third-order valence-corrected chi connectivity index (χ3v) is 7.64. The average Bonchev–Trinajstić information content (AvgIpc) is 3.06. The second-order valence-corrected chi connectivity index (χ2v) is 13.5. The van der Waals surface area contributed by atoms with Crippen LogP contribution >= 0.6 is 0 Å². The van der Waals surface area contributed by atoms with Gasteiger partial charge in [0, 0.05) is 30.8 Å². The van der Waals surface area contributed by atoms with Gasteiger partial charge < -0.3 is 26.4 Å². The SMILES string of the molecule is CC(C)C[C@H](NC(=O)C(Cc1ccccc1)NC(=O)c1ccccc1N)C(=O)N(C(=O)OC(C)(C)C)[C@@H](C)C(=O)NCc1ccc([N+](=O)[O-])cc1. The van der Waals surface area contributed by atoms with Gasteiger partial charge in [-0.2, -0.15) is 0 Å². The Morgan fingerprint density at radius 3 is 2.00 bits per heavy atom. The van der Waals surface area contributed by atoms with Crippen molar-refractivity contribution in [1.82, 2.24) is 20.9 Å². The van der Waals surface area contributed by atoms with Crippen LogP contribution < -0.4 is 21.7 Å². The lowest BCUT2D eigenvalue weighted by molar-refractivity contribution is -0.384. The molecule has 272 valence electrons. The summed E-state index contributed by atoms with van der Waals surface area (Å²) in [5.74, 6) is -3.04. The quantitative estimate of drug-likeness (QED) is 0.106. The molecule has 0 saturated carbocycles. The molecule has 0 radical (unpaired) electrons. The number of anilines is 1. The number of benzene rings is 3. The fraction of sp³-hybridized carbons (Fsp3) is 0.378. The van der Waals surface area contributed by atoms with Crippen molar-refractivity contribution in [2.75, 3.05) is 5.73 Å². The fourth-order valence-electron chi connectivity index (χ4n) is 5.07. The third-order valence-electron chi connectivity index (χ3n) is 7.64. The Morgan fingerprint density at radius 2 is 1.43 bits per heavy atom. The highest BCUT2D eigenvalue weighted by molar-refractivity contribution is 6.03. The minimum Gasteiger partial charge on any atom is -0.443 e. The number of nitrogens with two attached hydrogens (primary N) is 1. The molecule has 5 amide bonds. The van der Waals surface area contributed by atoms with Gasteiger partial charge in [-0.25, -0.2) is 9.69 Å². The first-order chi connectivity index (χ1) is 24.0. The number of amides is 5. The zero-order valence-corrected chi connectivity index (χ0v) is 29.7. The van der Waals surface area contributed by atoms with Crippen molar-refractivity contribution in [3.8, 4) is 0 Å². The molecule has 0 heterocycles. The Bertz CT molecular complexity index is 1710. The minimum absolute atomic E-state index is 0.0452. The third kappa shape index (κ3) is 11.9. The average molecular weight is 703 g/mol. The van der Waals surface area contributed by atoms with Crippen LogP contribution in [0.25, 0.3) is 0 Å². The Hall–Kier alpha value is -5.79. The summed E-state index contributed by atoms with van der Waals surface area (Å²) in [7, 11) is 0. The Morgan fingerprint density at radius 1 is 0.824 bits per heavy atom. The number of carbonyl (C=O) groups is 5. The van der Waals surface area contributed by atoms with E-state index in [-0.39, 0.29) is 42.2 Å². The summed E-state index contributed by atoms with van der Waals surface area (Å²) in [6.07, 6.45) is -0.939. The molecule has 0 saturated heterocycles. The van der Waals surface area contributed by atoms with E-state index in [1.165, 1.54) is 37.3 Å². The van der Waals surface area contributed by atoms with Crippen LogP contribution in [0.3, 0.4) is 0 Å². The topological polar surface area (TPSA) is 203 Å². The van der Waals surface area contributed by atoms with Crippen molar-refractivity contribution in [2.45, 2.75) is 84.7 Å². The van der Waals surface area contributed by atoms with Gasteiger partial charge in [0.25, 0.3) is 17.5 Å². The zero-order valence-electron chi connectivity index (χ0n) is 29.7.